The summed E-state index contributed by atoms with van der Waals surface area (Å²) >= 11 is 6.04. The van der Waals surface area contributed by atoms with Gasteiger partial charge in [0.15, 0.2) is 0 Å². The zero-order valence-corrected chi connectivity index (χ0v) is 17.1. The molecule has 1 aliphatic rings. The number of carbonyl (C=O) groups is 2. The van der Waals surface area contributed by atoms with Gasteiger partial charge in [-0.1, -0.05) is 43.6 Å². The number of para-hydroxylation sites is 1. The number of imide groups is 1. The Morgan fingerprint density at radius 1 is 1.11 bits per heavy atom. The predicted octanol–water partition coefficient (Wildman–Crippen LogP) is 4.51. The summed E-state index contributed by atoms with van der Waals surface area (Å²) in [6.07, 6.45) is 0. The summed E-state index contributed by atoms with van der Waals surface area (Å²) in [7, 11) is 1.54. The molecule has 1 heterocycles. The van der Waals surface area contributed by atoms with Crippen molar-refractivity contribution in [3.8, 4) is 5.75 Å². The lowest BCUT2D eigenvalue weighted by molar-refractivity contribution is -0.137. The third-order valence-electron chi connectivity index (χ3n) is 4.54. The van der Waals surface area contributed by atoms with Crippen LogP contribution in [0.4, 0.5) is 5.69 Å². The first-order valence-electron chi connectivity index (χ1n) is 9.10. The van der Waals surface area contributed by atoms with E-state index in [9.17, 15) is 9.59 Å². The third kappa shape index (κ3) is 3.76. The molecule has 2 aromatic carbocycles. The molecule has 0 bridgehead atoms. The number of hydrogen-bond donors (Lipinski definition) is 1. The predicted molar refractivity (Wildman–Crippen MR) is 111 cm³/mol. The van der Waals surface area contributed by atoms with Crippen molar-refractivity contribution in [3.63, 3.8) is 0 Å². The lowest BCUT2D eigenvalue weighted by Crippen LogP contribution is -2.35. The highest BCUT2D eigenvalue weighted by Crippen LogP contribution is 2.36. The van der Waals surface area contributed by atoms with Crippen LogP contribution >= 0.6 is 11.6 Å². The fraction of sp³-hybridized carbons (Fsp3) is 0.273. The molecule has 6 heteroatoms. The van der Waals surface area contributed by atoms with Crippen LogP contribution in [0.2, 0.25) is 5.02 Å². The highest BCUT2D eigenvalue weighted by molar-refractivity contribution is 6.37. The minimum absolute atomic E-state index is 0.156. The van der Waals surface area contributed by atoms with Crippen LogP contribution in [-0.2, 0) is 9.59 Å². The molecule has 28 heavy (non-hydrogen) atoms. The Bertz CT molecular complexity index is 966. The van der Waals surface area contributed by atoms with Crippen molar-refractivity contribution in [2.24, 2.45) is 5.92 Å². The second-order valence-electron chi connectivity index (χ2n) is 7.15. The van der Waals surface area contributed by atoms with Crippen LogP contribution in [0.25, 0.3) is 5.57 Å². The maximum atomic E-state index is 13.2. The molecule has 146 valence electrons. The minimum atomic E-state index is -0.339. The van der Waals surface area contributed by atoms with Gasteiger partial charge in [-0.3, -0.25) is 14.5 Å². The van der Waals surface area contributed by atoms with Crippen LogP contribution in [0.1, 0.15) is 25.0 Å². The molecule has 2 amide bonds. The van der Waals surface area contributed by atoms with Crippen molar-refractivity contribution >= 4 is 34.7 Å². The van der Waals surface area contributed by atoms with Crippen LogP contribution in [-0.4, -0.2) is 30.4 Å². The maximum absolute atomic E-state index is 13.2. The SMILES string of the molecule is COc1ccccc1C1=C(Nc2ccc(Cl)cc2C)C(=O)N(CC(C)C)C1=O. The highest BCUT2D eigenvalue weighted by Gasteiger charge is 2.40. The Morgan fingerprint density at radius 2 is 1.82 bits per heavy atom. The van der Waals surface area contributed by atoms with Gasteiger partial charge in [0.1, 0.15) is 11.4 Å². The molecule has 5 nitrogen and oxygen atoms in total. The summed E-state index contributed by atoms with van der Waals surface area (Å²) in [5.74, 6) is 0.0342. The van der Waals surface area contributed by atoms with Gasteiger partial charge in [0.2, 0.25) is 0 Å². The number of nitrogens with one attached hydrogen (secondary N) is 1. The van der Waals surface area contributed by atoms with Gasteiger partial charge >= 0.3 is 0 Å². The topological polar surface area (TPSA) is 58.6 Å². The fourth-order valence-corrected chi connectivity index (χ4v) is 3.45. The number of aryl methyl sites for hydroxylation is 1. The van der Waals surface area contributed by atoms with Crippen molar-refractivity contribution in [3.05, 3.63) is 64.3 Å². The fourth-order valence-electron chi connectivity index (χ4n) is 3.23. The molecule has 3 rings (SSSR count). The number of carbonyl (C=O) groups excluding carboxylic acids is 2. The largest absolute Gasteiger partial charge is 0.496 e. The number of hydrogen-bond acceptors (Lipinski definition) is 4. The van der Waals surface area contributed by atoms with E-state index in [4.69, 9.17) is 16.3 Å². The Kier molecular flexibility index (Phi) is 5.75. The Morgan fingerprint density at radius 3 is 2.46 bits per heavy atom. The van der Waals surface area contributed by atoms with E-state index < -0.39 is 0 Å². The molecule has 0 spiro atoms. The van der Waals surface area contributed by atoms with Crippen LogP contribution in [0.3, 0.4) is 0 Å². The zero-order valence-electron chi connectivity index (χ0n) is 16.4. The molecule has 0 aromatic heterocycles. The van der Waals surface area contributed by atoms with Gasteiger partial charge in [-0.2, -0.15) is 0 Å². The average Bonchev–Trinajstić information content (AvgIpc) is 2.87. The molecule has 0 unspecified atom stereocenters. The summed E-state index contributed by atoms with van der Waals surface area (Å²) in [4.78, 5) is 27.6. The average molecular weight is 399 g/mol. The summed E-state index contributed by atoms with van der Waals surface area (Å²) < 4.78 is 5.43. The number of benzene rings is 2. The monoisotopic (exact) mass is 398 g/mol. The molecule has 0 atom stereocenters. The number of nitrogens with zero attached hydrogens (tertiary/aromatic N) is 1. The molecule has 0 saturated carbocycles. The van der Waals surface area contributed by atoms with Crippen molar-refractivity contribution in [2.45, 2.75) is 20.8 Å². The minimum Gasteiger partial charge on any atom is -0.496 e. The zero-order chi connectivity index (χ0) is 20.4. The molecule has 1 aliphatic heterocycles. The van der Waals surface area contributed by atoms with Gasteiger partial charge in [0, 0.05) is 22.8 Å². The molecule has 2 aromatic rings. The van der Waals surface area contributed by atoms with E-state index in [1.165, 1.54) is 4.90 Å². The Hall–Kier alpha value is -2.79. The Labute approximate surface area is 169 Å². The number of rotatable bonds is 6. The van der Waals surface area contributed by atoms with E-state index in [1.54, 1.807) is 37.4 Å². The molecule has 0 fully saturated rings. The molecule has 0 saturated heterocycles. The number of anilines is 1. The van der Waals surface area contributed by atoms with Gasteiger partial charge in [0.25, 0.3) is 11.8 Å². The molecular formula is C22H23ClN2O3. The van der Waals surface area contributed by atoms with Gasteiger partial charge in [-0.05, 0) is 42.7 Å². The first-order valence-corrected chi connectivity index (χ1v) is 9.48. The van der Waals surface area contributed by atoms with Gasteiger partial charge in [-0.25, -0.2) is 0 Å². The van der Waals surface area contributed by atoms with Crippen molar-refractivity contribution in [2.75, 3.05) is 19.0 Å². The lowest BCUT2D eigenvalue weighted by atomic mass is 10.0. The van der Waals surface area contributed by atoms with Gasteiger partial charge in [-0.15, -0.1) is 0 Å². The van der Waals surface area contributed by atoms with E-state index >= 15 is 0 Å². The first kappa shape index (κ1) is 20.0. The smallest absolute Gasteiger partial charge is 0.278 e. The summed E-state index contributed by atoms with van der Waals surface area (Å²) in [6.45, 7) is 6.18. The van der Waals surface area contributed by atoms with E-state index in [1.807, 2.05) is 32.9 Å². The van der Waals surface area contributed by atoms with Crippen molar-refractivity contribution in [1.29, 1.82) is 0 Å². The second-order valence-corrected chi connectivity index (χ2v) is 7.59. The Balaban J connectivity index is 2.14. The quantitative estimate of drug-likeness (QED) is 0.727. The number of methoxy groups -OCH3 is 1. The van der Waals surface area contributed by atoms with Crippen LogP contribution < -0.4 is 10.1 Å². The van der Waals surface area contributed by atoms with Gasteiger partial charge in [0.05, 0.1) is 12.7 Å². The maximum Gasteiger partial charge on any atom is 0.278 e. The van der Waals surface area contributed by atoms with E-state index in [0.29, 0.717) is 28.5 Å². The molecule has 1 N–H and O–H groups in total. The lowest BCUT2D eigenvalue weighted by Gasteiger charge is -2.17. The van der Waals surface area contributed by atoms with Crippen molar-refractivity contribution < 1.29 is 14.3 Å². The van der Waals surface area contributed by atoms with Crippen LogP contribution in [0.5, 0.6) is 5.75 Å². The molecule has 0 aliphatic carbocycles. The van der Waals surface area contributed by atoms with Crippen LogP contribution in [0, 0.1) is 12.8 Å². The molecule has 0 radical (unpaired) electrons. The van der Waals surface area contributed by atoms with E-state index in [-0.39, 0.29) is 23.4 Å². The number of amides is 2. The van der Waals surface area contributed by atoms with E-state index in [2.05, 4.69) is 5.32 Å². The van der Waals surface area contributed by atoms with Crippen molar-refractivity contribution in [1.82, 2.24) is 4.90 Å². The number of ether oxygens (including phenoxy) is 1. The summed E-state index contributed by atoms with van der Waals surface area (Å²) in [5.41, 5.74) is 2.75. The number of halogens is 1. The summed E-state index contributed by atoms with van der Waals surface area (Å²) in [6, 6.07) is 12.6. The molecular weight excluding hydrogens is 376 g/mol. The van der Waals surface area contributed by atoms with Crippen LogP contribution in [0.15, 0.2) is 48.2 Å². The van der Waals surface area contributed by atoms with Gasteiger partial charge < -0.3 is 10.1 Å². The standard InChI is InChI=1S/C22H23ClN2O3/c1-13(2)12-25-21(26)19(16-7-5-6-8-18(16)28-4)20(22(25)27)24-17-10-9-15(23)11-14(17)3/h5-11,13,24H,12H2,1-4H3. The second kappa shape index (κ2) is 8.07. The normalized spacial score (nSPS) is 14.3. The first-order chi connectivity index (χ1) is 13.3. The van der Waals surface area contributed by atoms with E-state index in [0.717, 1.165) is 11.3 Å². The summed E-state index contributed by atoms with van der Waals surface area (Å²) in [5, 5.41) is 3.78. The highest BCUT2D eigenvalue weighted by atomic mass is 35.5. The third-order valence-corrected chi connectivity index (χ3v) is 4.78.